The average molecular weight is 538 g/mol. The Morgan fingerprint density at radius 3 is 2.69 bits per heavy atom. The summed E-state index contributed by atoms with van der Waals surface area (Å²) in [7, 11) is 0. The van der Waals surface area contributed by atoms with Gasteiger partial charge in [-0.25, -0.2) is 15.0 Å². The summed E-state index contributed by atoms with van der Waals surface area (Å²) in [6.45, 7) is 9.32. The lowest BCUT2D eigenvalue weighted by Gasteiger charge is -2.35. The summed E-state index contributed by atoms with van der Waals surface area (Å²) in [4.78, 5) is 31.4. The molecule has 0 radical (unpaired) electrons. The molecule has 1 saturated heterocycles. The van der Waals surface area contributed by atoms with Gasteiger partial charge < -0.3 is 21.3 Å². The standard InChI is InChI=1S/C23H29ClN8OS.ClH/c1-15-5-3-6-17(24)21(15)30-22(33)18-14-26-23(34-18)29-19-13-20(28-16(2)27-19)32-11-9-31(10-12-32)8-4-7-25;/h3,5-6,13-14H,4,7-12,25H2,1-2H3,(H,30,33)(H,26,27,28,29);1H. The molecule has 0 bridgehead atoms. The molecular weight excluding hydrogens is 507 g/mol. The number of nitrogens with two attached hydrogens (primary N) is 1. The second-order valence-corrected chi connectivity index (χ2v) is 9.61. The summed E-state index contributed by atoms with van der Waals surface area (Å²) in [6.07, 6.45) is 2.57. The topological polar surface area (TPSA) is 112 Å². The second-order valence-electron chi connectivity index (χ2n) is 8.17. The van der Waals surface area contributed by atoms with E-state index in [0.717, 1.165) is 57.1 Å². The Balaban J connectivity index is 0.00000342. The van der Waals surface area contributed by atoms with E-state index in [2.05, 4.69) is 35.4 Å². The highest BCUT2D eigenvalue weighted by Crippen LogP contribution is 2.28. The highest BCUT2D eigenvalue weighted by Gasteiger charge is 2.19. The van der Waals surface area contributed by atoms with Crippen molar-refractivity contribution in [2.24, 2.45) is 5.73 Å². The van der Waals surface area contributed by atoms with Gasteiger partial charge in [-0.3, -0.25) is 9.69 Å². The molecule has 1 aliphatic rings. The van der Waals surface area contributed by atoms with Crippen LogP contribution in [0.15, 0.2) is 30.5 Å². The first-order valence-corrected chi connectivity index (χ1v) is 12.4. The van der Waals surface area contributed by atoms with Gasteiger partial charge in [0, 0.05) is 32.2 Å². The van der Waals surface area contributed by atoms with E-state index in [1.807, 2.05) is 32.0 Å². The van der Waals surface area contributed by atoms with Crippen LogP contribution in [0.3, 0.4) is 0 Å². The van der Waals surface area contributed by atoms with E-state index in [9.17, 15) is 4.79 Å². The largest absolute Gasteiger partial charge is 0.354 e. The monoisotopic (exact) mass is 536 g/mol. The number of aromatic nitrogens is 3. The number of hydrogen-bond acceptors (Lipinski definition) is 9. The van der Waals surface area contributed by atoms with Gasteiger partial charge in [0.1, 0.15) is 22.3 Å². The summed E-state index contributed by atoms with van der Waals surface area (Å²) in [5.41, 5.74) is 7.14. The van der Waals surface area contributed by atoms with Crippen LogP contribution in [-0.4, -0.2) is 65.0 Å². The Bertz CT molecular complexity index is 1130. The van der Waals surface area contributed by atoms with Gasteiger partial charge in [0.15, 0.2) is 5.13 Å². The number of carbonyl (C=O) groups is 1. The van der Waals surface area contributed by atoms with E-state index >= 15 is 0 Å². The zero-order valence-electron chi connectivity index (χ0n) is 19.8. The Kier molecular flexibility index (Phi) is 9.64. The number of halogens is 2. The van der Waals surface area contributed by atoms with Crippen molar-refractivity contribution in [2.75, 3.05) is 54.8 Å². The number of anilines is 4. The van der Waals surface area contributed by atoms with Gasteiger partial charge in [-0.15, -0.1) is 12.4 Å². The molecule has 1 aromatic carbocycles. The quantitative estimate of drug-likeness (QED) is 0.394. The number of nitrogens with zero attached hydrogens (tertiary/aromatic N) is 5. The van der Waals surface area contributed by atoms with E-state index in [1.54, 1.807) is 12.3 Å². The van der Waals surface area contributed by atoms with Crippen molar-refractivity contribution in [2.45, 2.75) is 20.3 Å². The predicted octanol–water partition coefficient (Wildman–Crippen LogP) is 4.09. The smallest absolute Gasteiger partial charge is 0.267 e. The van der Waals surface area contributed by atoms with Crippen LogP contribution < -0.4 is 21.3 Å². The number of thiazole rings is 1. The minimum atomic E-state index is -0.256. The molecule has 1 amide bonds. The summed E-state index contributed by atoms with van der Waals surface area (Å²) < 4.78 is 0. The van der Waals surface area contributed by atoms with Gasteiger partial charge in [-0.1, -0.05) is 35.1 Å². The number of carbonyl (C=O) groups excluding carboxylic acids is 1. The molecule has 3 heterocycles. The molecule has 0 atom stereocenters. The maximum absolute atomic E-state index is 12.7. The molecule has 0 aliphatic carbocycles. The van der Waals surface area contributed by atoms with Gasteiger partial charge >= 0.3 is 0 Å². The lowest BCUT2D eigenvalue weighted by atomic mass is 10.2. The number of benzene rings is 1. The molecule has 35 heavy (non-hydrogen) atoms. The van der Waals surface area contributed by atoms with Crippen LogP contribution >= 0.6 is 35.3 Å². The molecule has 1 fully saturated rings. The van der Waals surface area contributed by atoms with Crippen LogP contribution in [0.25, 0.3) is 0 Å². The minimum Gasteiger partial charge on any atom is -0.354 e. The number of amides is 1. The van der Waals surface area contributed by atoms with E-state index < -0.39 is 0 Å². The van der Waals surface area contributed by atoms with E-state index in [-0.39, 0.29) is 18.3 Å². The molecule has 3 aromatic rings. The molecule has 1 aliphatic heterocycles. The molecule has 188 valence electrons. The van der Waals surface area contributed by atoms with Crippen LogP contribution in [0.4, 0.5) is 22.5 Å². The van der Waals surface area contributed by atoms with Crippen molar-refractivity contribution < 1.29 is 4.79 Å². The molecule has 12 heteroatoms. The minimum absolute atomic E-state index is 0. The van der Waals surface area contributed by atoms with Gasteiger partial charge in [-0.2, -0.15) is 0 Å². The number of rotatable bonds is 8. The SMILES string of the molecule is Cc1nc(Nc2ncc(C(=O)Nc3c(C)cccc3Cl)s2)cc(N2CCN(CCCN)CC2)n1.Cl. The zero-order valence-corrected chi connectivity index (χ0v) is 22.1. The lowest BCUT2D eigenvalue weighted by Crippen LogP contribution is -2.47. The van der Waals surface area contributed by atoms with Crippen molar-refractivity contribution in [3.05, 3.63) is 51.7 Å². The van der Waals surface area contributed by atoms with E-state index in [1.165, 1.54) is 11.3 Å². The molecule has 2 aromatic heterocycles. The molecular formula is C23H30Cl2N8OS. The first kappa shape index (κ1) is 27.1. The van der Waals surface area contributed by atoms with Crippen molar-refractivity contribution in [3.8, 4) is 0 Å². The van der Waals surface area contributed by atoms with Crippen LogP contribution in [0.2, 0.25) is 5.02 Å². The fraction of sp³-hybridized carbons (Fsp3) is 0.391. The van der Waals surface area contributed by atoms with Crippen LogP contribution in [0.5, 0.6) is 0 Å². The molecule has 4 N–H and O–H groups in total. The Morgan fingerprint density at radius 2 is 1.97 bits per heavy atom. The normalized spacial score (nSPS) is 13.9. The molecule has 0 unspecified atom stereocenters. The fourth-order valence-electron chi connectivity index (χ4n) is 3.81. The van der Waals surface area contributed by atoms with Gasteiger partial charge in [0.05, 0.1) is 16.9 Å². The number of piperazine rings is 1. The fourth-order valence-corrected chi connectivity index (χ4v) is 4.79. The van der Waals surface area contributed by atoms with E-state index in [4.69, 9.17) is 17.3 Å². The van der Waals surface area contributed by atoms with Gasteiger partial charge in [0.25, 0.3) is 5.91 Å². The number of hydrogen-bond donors (Lipinski definition) is 3. The van der Waals surface area contributed by atoms with Crippen LogP contribution in [0.1, 0.15) is 27.5 Å². The third-order valence-electron chi connectivity index (χ3n) is 5.62. The summed E-state index contributed by atoms with van der Waals surface area (Å²) in [5, 5.41) is 7.18. The third kappa shape index (κ3) is 7.02. The molecule has 0 spiro atoms. The van der Waals surface area contributed by atoms with Crippen LogP contribution in [-0.2, 0) is 0 Å². The lowest BCUT2D eigenvalue weighted by molar-refractivity contribution is 0.103. The third-order valence-corrected chi connectivity index (χ3v) is 6.85. The Hall–Kier alpha value is -2.50. The summed E-state index contributed by atoms with van der Waals surface area (Å²) in [5.74, 6) is 1.96. The number of para-hydroxylation sites is 1. The van der Waals surface area contributed by atoms with Gasteiger partial charge in [-0.05, 0) is 45.0 Å². The first-order valence-electron chi connectivity index (χ1n) is 11.3. The zero-order chi connectivity index (χ0) is 24.1. The highest BCUT2D eigenvalue weighted by molar-refractivity contribution is 7.17. The van der Waals surface area contributed by atoms with E-state index in [0.29, 0.717) is 32.4 Å². The van der Waals surface area contributed by atoms with Crippen LogP contribution in [0, 0.1) is 13.8 Å². The number of aryl methyl sites for hydroxylation is 2. The molecule has 0 saturated carbocycles. The summed E-state index contributed by atoms with van der Waals surface area (Å²) in [6, 6.07) is 7.42. The Labute approximate surface area is 220 Å². The average Bonchev–Trinajstić information content (AvgIpc) is 3.28. The first-order chi connectivity index (χ1) is 16.4. The summed E-state index contributed by atoms with van der Waals surface area (Å²) >= 11 is 7.49. The maximum atomic E-state index is 12.7. The number of nitrogens with one attached hydrogen (secondary N) is 2. The van der Waals surface area contributed by atoms with Crippen molar-refractivity contribution >= 4 is 63.7 Å². The van der Waals surface area contributed by atoms with Gasteiger partial charge in [0.2, 0.25) is 0 Å². The highest BCUT2D eigenvalue weighted by atomic mass is 35.5. The molecule has 4 rings (SSSR count). The predicted molar refractivity (Wildman–Crippen MR) is 146 cm³/mol. The van der Waals surface area contributed by atoms with Crippen molar-refractivity contribution in [1.82, 2.24) is 19.9 Å². The van der Waals surface area contributed by atoms with Crippen molar-refractivity contribution in [3.63, 3.8) is 0 Å². The maximum Gasteiger partial charge on any atom is 0.267 e. The van der Waals surface area contributed by atoms with Crippen molar-refractivity contribution in [1.29, 1.82) is 0 Å². The Morgan fingerprint density at radius 1 is 1.20 bits per heavy atom. The molecule has 9 nitrogen and oxygen atoms in total. The second kappa shape index (κ2) is 12.5.